The van der Waals surface area contributed by atoms with Gasteiger partial charge in [-0.3, -0.25) is 4.79 Å². The van der Waals surface area contributed by atoms with Gasteiger partial charge in [-0.25, -0.2) is 4.79 Å². The Balaban J connectivity index is 0. The Morgan fingerprint density at radius 1 is 1.20 bits per heavy atom. The van der Waals surface area contributed by atoms with Gasteiger partial charge in [0.15, 0.2) is 0 Å². The van der Waals surface area contributed by atoms with Crippen molar-refractivity contribution in [3.05, 3.63) is 13.2 Å². The molecule has 0 heterocycles. The van der Waals surface area contributed by atoms with E-state index in [-0.39, 0.29) is 11.7 Å². The van der Waals surface area contributed by atoms with Crippen LogP contribution in [0.2, 0.25) is 0 Å². The van der Waals surface area contributed by atoms with Gasteiger partial charge in [0.1, 0.15) is 11.4 Å². The highest BCUT2D eigenvalue weighted by atomic mass is 16.6. The third-order valence-corrected chi connectivity index (χ3v) is 2.45. The Hall–Kier alpha value is -1.32. The van der Waals surface area contributed by atoms with Crippen LogP contribution in [0.25, 0.3) is 0 Å². The second-order valence-electron chi connectivity index (χ2n) is 6.05. The van der Waals surface area contributed by atoms with Crippen LogP contribution in [0.3, 0.4) is 0 Å². The maximum atomic E-state index is 11.9. The van der Waals surface area contributed by atoms with Gasteiger partial charge in [-0.05, 0) is 33.1 Å². The smallest absolute Gasteiger partial charge is 0.407 e. The normalized spacial score (nSPS) is 12.2. The molecule has 1 N–H and O–H groups in total. The van der Waals surface area contributed by atoms with Gasteiger partial charge in [-0.15, -0.1) is 13.2 Å². The van der Waals surface area contributed by atoms with Crippen molar-refractivity contribution in [2.45, 2.75) is 60.0 Å². The van der Waals surface area contributed by atoms with Crippen LogP contribution in [0.15, 0.2) is 13.2 Å². The van der Waals surface area contributed by atoms with Crippen LogP contribution >= 0.6 is 0 Å². The molecular weight excluding hydrogens is 254 g/mol. The van der Waals surface area contributed by atoms with Crippen LogP contribution < -0.4 is 5.32 Å². The van der Waals surface area contributed by atoms with Gasteiger partial charge in [0, 0.05) is 18.9 Å². The predicted molar refractivity (Wildman–Crippen MR) is 83.7 cm³/mol. The molecule has 0 fully saturated rings. The number of alkyl carbamates (subject to hydrolysis) is 1. The third kappa shape index (κ3) is 11.8. The highest BCUT2D eigenvalue weighted by Crippen LogP contribution is 2.11. The number of amides is 1. The highest BCUT2D eigenvalue weighted by Gasteiger charge is 2.20. The summed E-state index contributed by atoms with van der Waals surface area (Å²) < 4.78 is 5.13. The van der Waals surface area contributed by atoms with E-state index in [1.54, 1.807) is 0 Å². The highest BCUT2D eigenvalue weighted by molar-refractivity contribution is 5.82. The molecule has 118 valence electrons. The van der Waals surface area contributed by atoms with Crippen LogP contribution in [-0.4, -0.2) is 24.0 Å². The number of ether oxygens (including phenoxy) is 1. The molecular formula is C16H31NO3. The average Bonchev–Trinajstić information content (AvgIpc) is 2.29. The molecule has 0 bridgehead atoms. The molecule has 0 aromatic rings. The maximum Gasteiger partial charge on any atom is 0.407 e. The Bertz CT molecular complexity index is 293. The first kappa shape index (κ1) is 21.0. The van der Waals surface area contributed by atoms with E-state index < -0.39 is 11.7 Å². The van der Waals surface area contributed by atoms with Gasteiger partial charge in [-0.2, -0.15) is 0 Å². The molecule has 0 saturated carbocycles. The van der Waals surface area contributed by atoms with Crippen molar-refractivity contribution in [3.63, 3.8) is 0 Å². The Morgan fingerprint density at radius 3 is 2.05 bits per heavy atom. The number of carbonyl (C=O) groups is 2. The van der Waals surface area contributed by atoms with E-state index in [0.29, 0.717) is 18.9 Å². The number of ketones is 1. The summed E-state index contributed by atoms with van der Waals surface area (Å²) in [6, 6.07) is 0. The minimum absolute atomic E-state index is 0.111. The lowest BCUT2D eigenvalue weighted by molar-refractivity contribution is -0.123. The molecule has 0 aliphatic carbocycles. The molecule has 1 amide bonds. The molecule has 20 heavy (non-hydrogen) atoms. The van der Waals surface area contributed by atoms with Gasteiger partial charge >= 0.3 is 6.09 Å². The maximum absolute atomic E-state index is 11.9. The molecule has 0 spiro atoms. The van der Waals surface area contributed by atoms with E-state index in [0.717, 1.165) is 6.42 Å². The Morgan fingerprint density at radius 2 is 1.70 bits per heavy atom. The summed E-state index contributed by atoms with van der Waals surface area (Å²) in [7, 11) is 0. The first-order valence-electron chi connectivity index (χ1n) is 7.15. The molecule has 0 aliphatic rings. The first-order valence-corrected chi connectivity index (χ1v) is 7.15. The molecule has 4 heteroatoms. The van der Waals surface area contributed by atoms with Gasteiger partial charge in [0.25, 0.3) is 0 Å². The monoisotopic (exact) mass is 285 g/mol. The first-order chi connectivity index (χ1) is 9.15. The quantitative estimate of drug-likeness (QED) is 0.752. The van der Waals surface area contributed by atoms with Crippen LogP contribution in [0.4, 0.5) is 4.79 Å². The zero-order chi connectivity index (χ0) is 16.3. The molecule has 0 aromatic carbocycles. The fraction of sp³-hybridized carbons (Fsp3) is 0.750. The lowest BCUT2D eigenvalue weighted by Gasteiger charge is -2.21. The summed E-state index contributed by atoms with van der Waals surface area (Å²) in [5.41, 5.74) is -0.506. The summed E-state index contributed by atoms with van der Waals surface area (Å²) in [5, 5.41) is 2.66. The number of rotatable bonds is 6. The van der Waals surface area contributed by atoms with Gasteiger partial charge in [-0.1, -0.05) is 20.8 Å². The molecule has 4 nitrogen and oxygen atoms in total. The fourth-order valence-electron chi connectivity index (χ4n) is 1.58. The van der Waals surface area contributed by atoms with E-state index in [1.807, 2.05) is 41.5 Å². The number of hydrogen-bond acceptors (Lipinski definition) is 3. The Kier molecular flexibility index (Phi) is 11.0. The van der Waals surface area contributed by atoms with Crippen LogP contribution in [0.1, 0.15) is 54.4 Å². The van der Waals surface area contributed by atoms with Crippen LogP contribution in [0, 0.1) is 11.8 Å². The van der Waals surface area contributed by atoms with Gasteiger partial charge in [0.2, 0.25) is 0 Å². The van der Waals surface area contributed by atoms with Crippen LogP contribution in [0.5, 0.6) is 0 Å². The van der Waals surface area contributed by atoms with E-state index in [1.165, 1.54) is 0 Å². The minimum atomic E-state index is -0.506. The van der Waals surface area contributed by atoms with Gasteiger partial charge < -0.3 is 10.1 Å². The molecule has 0 aliphatic heterocycles. The van der Waals surface area contributed by atoms with Crippen molar-refractivity contribution in [2.24, 2.45) is 11.8 Å². The molecule has 0 rings (SSSR count). The molecule has 0 saturated heterocycles. The van der Waals surface area contributed by atoms with E-state index in [9.17, 15) is 9.59 Å². The topological polar surface area (TPSA) is 55.4 Å². The number of carbonyl (C=O) groups excluding carboxylic acids is 2. The molecule has 0 radical (unpaired) electrons. The second kappa shape index (κ2) is 10.5. The zero-order valence-electron chi connectivity index (χ0n) is 13.9. The summed E-state index contributed by atoms with van der Waals surface area (Å²) in [6.45, 7) is 17.8. The summed E-state index contributed by atoms with van der Waals surface area (Å²) in [6.07, 6.45) is 0.842. The third-order valence-electron chi connectivity index (χ3n) is 2.45. The number of Topliss-reactive ketones (excluding diaryl/α,β-unsaturated/α-hetero) is 1. The average molecular weight is 285 g/mol. The number of hydrogen-bond donors (Lipinski definition) is 1. The fourth-order valence-corrected chi connectivity index (χ4v) is 1.58. The lowest BCUT2D eigenvalue weighted by Crippen LogP contribution is -2.37. The van der Waals surface area contributed by atoms with Crippen molar-refractivity contribution in [2.75, 3.05) is 6.54 Å². The summed E-state index contributed by atoms with van der Waals surface area (Å²) in [4.78, 5) is 23.4. The molecule has 1 unspecified atom stereocenters. The molecule has 1 atom stereocenters. The SMILES string of the molecule is C=C.CCC(CNC(=O)OC(C)(C)C)C(=O)CC(C)C. The lowest BCUT2D eigenvalue weighted by atomic mass is 9.94. The Labute approximate surface area is 124 Å². The zero-order valence-corrected chi connectivity index (χ0v) is 13.9. The van der Waals surface area contributed by atoms with Crippen molar-refractivity contribution in [1.29, 1.82) is 0 Å². The van der Waals surface area contributed by atoms with Crippen molar-refractivity contribution in [3.8, 4) is 0 Å². The van der Waals surface area contributed by atoms with E-state index in [2.05, 4.69) is 18.5 Å². The van der Waals surface area contributed by atoms with Crippen molar-refractivity contribution in [1.82, 2.24) is 5.32 Å². The summed E-state index contributed by atoms with van der Waals surface area (Å²) >= 11 is 0. The van der Waals surface area contributed by atoms with Crippen molar-refractivity contribution >= 4 is 11.9 Å². The van der Waals surface area contributed by atoms with Crippen molar-refractivity contribution < 1.29 is 14.3 Å². The summed E-state index contributed by atoms with van der Waals surface area (Å²) in [5.74, 6) is 0.455. The second-order valence-corrected chi connectivity index (χ2v) is 6.05. The standard InChI is InChI=1S/C14H27NO3.C2H4/c1-7-11(12(16)8-10(2)3)9-15-13(17)18-14(4,5)6;1-2/h10-11H,7-9H2,1-6H3,(H,15,17);1-2H2. The molecule has 0 aromatic heterocycles. The number of nitrogens with one attached hydrogen (secondary N) is 1. The van der Waals surface area contributed by atoms with Gasteiger partial charge in [0.05, 0.1) is 0 Å². The minimum Gasteiger partial charge on any atom is -0.444 e. The van der Waals surface area contributed by atoms with Crippen LogP contribution in [-0.2, 0) is 9.53 Å². The predicted octanol–water partition coefficient (Wildman–Crippen LogP) is 3.95. The van der Waals surface area contributed by atoms with E-state index in [4.69, 9.17) is 4.74 Å². The largest absolute Gasteiger partial charge is 0.444 e. The van der Waals surface area contributed by atoms with E-state index >= 15 is 0 Å².